The first kappa shape index (κ1) is 22.1. The summed E-state index contributed by atoms with van der Waals surface area (Å²) in [6, 6.07) is 0.564. The zero-order chi connectivity index (χ0) is 21.5. The molecule has 1 aliphatic heterocycles. The van der Waals surface area contributed by atoms with Gasteiger partial charge in [-0.25, -0.2) is 0 Å². The van der Waals surface area contributed by atoms with Crippen LogP contribution in [0.2, 0.25) is 0 Å². The summed E-state index contributed by atoms with van der Waals surface area (Å²) in [6.07, 6.45) is 10.8. The fourth-order valence-electron chi connectivity index (χ4n) is 3.19. The summed E-state index contributed by atoms with van der Waals surface area (Å²) in [7, 11) is 0. The van der Waals surface area contributed by atoms with Crippen LogP contribution >= 0.6 is 11.6 Å². The lowest BCUT2D eigenvalue weighted by molar-refractivity contribution is 0.581. The Balaban J connectivity index is 1.50. The maximum Gasteiger partial charge on any atom is 0.229 e. The van der Waals surface area contributed by atoms with E-state index in [-0.39, 0.29) is 24.0 Å². The summed E-state index contributed by atoms with van der Waals surface area (Å²) in [4.78, 5) is 17.9. The van der Waals surface area contributed by atoms with Crippen molar-refractivity contribution in [1.29, 1.82) is 0 Å². The predicted molar refractivity (Wildman–Crippen MR) is 125 cm³/mol. The molecule has 2 unspecified atom stereocenters. The monoisotopic (exact) mass is 430 g/mol. The van der Waals surface area contributed by atoms with E-state index in [1.807, 2.05) is 24.4 Å². The molecule has 0 radical (unpaired) electrons. The van der Waals surface area contributed by atoms with Crippen LogP contribution in [0.1, 0.15) is 34.1 Å². The smallest absolute Gasteiger partial charge is 0.229 e. The first-order valence-corrected chi connectivity index (χ1v) is 10.8. The molecule has 0 fully saturated rings. The minimum atomic E-state index is 0.0806. The number of fused-ring (bicyclic) bond motifs is 1. The number of halogens is 1. The summed E-state index contributed by atoms with van der Waals surface area (Å²) in [5.41, 5.74) is 1.17. The Labute approximate surface area is 183 Å². The molecule has 0 saturated heterocycles. The van der Waals surface area contributed by atoms with Gasteiger partial charge in [0.05, 0.1) is 6.04 Å². The Morgan fingerprint density at radius 2 is 1.57 bits per heavy atom. The fourth-order valence-corrected chi connectivity index (χ4v) is 3.39. The molecule has 0 saturated carbocycles. The number of aromatic nitrogens is 3. The van der Waals surface area contributed by atoms with Gasteiger partial charge in [0, 0.05) is 48.0 Å². The standard InChI is InChI=1S/C21H31ClN8/c1-13(2)26-20-28-19(29-21(30-20)27-14(3)4)25-10-5-9-23-17-8-11-24-18-12-15(22)6-7-16(17)18/h6-8,11-14,16,18,23H,5,9-10H2,1-4H3,(H3,25,26,27,28,29,30). The van der Waals surface area contributed by atoms with Crippen molar-refractivity contribution in [1.82, 2.24) is 20.3 Å². The summed E-state index contributed by atoms with van der Waals surface area (Å²) < 4.78 is 0. The molecule has 3 rings (SSSR count). The zero-order valence-electron chi connectivity index (χ0n) is 18.0. The van der Waals surface area contributed by atoms with Crippen LogP contribution in [0.3, 0.4) is 0 Å². The number of nitrogens with one attached hydrogen (secondary N) is 4. The van der Waals surface area contributed by atoms with Gasteiger partial charge in [0.1, 0.15) is 0 Å². The lowest BCUT2D eigenvalue weighted by Gasteiger charge is -2.27. The first-order valence-electron chi connectivity index (χ1n) is 10.5. The van der Waals surface area contributed by atoms with E-state index in [2.05, 4.69) is 75.0 Å². The molecule has 0 aromatic carbocycles. The van der Waals surface area contributed by atoms with Crippen LogP contribution in [-0.2, 0) is 0 Å². The van der Waals surface area contributed by atoms with Crippen LogP contribution in [0, 0.1) is 5.92 Å². The molecule has 162 valence electrons. The van der Waals surface area contributed by atoms with Crippen molar-refractivity contribution < 1.29 is 0 Å². The molecule has 0 spiro atoms. The third-order valence-electron chi connectivity index (χ3n) is 4.47. The summed E-state index contributed by atoms with van der Waals surface area (Å²) in [6.45, 7) is 9.80. The number of allylic oxidation sites excluding steroid dienone is 3. The van der Waals surface area contributed by atoms with Gasteiger partial charge in [-0.05, 0) is 52.3 Å². The summed E-state index contributed by atoms with van der Waals surface area (Å²) in [5.74, 6) is 1.92. The second-order valence-electron chi connectivity index (χ2n) is 7.96. The number of hydrogen-bond acceptors (Lipinski definition) is 8. The van der Waals surface area contributed by atoms with Gasteiger partial charge in [-0.3, -0.25) is 4.99 Å². The van der Waals surface area contributed by atoms with E-state index < -0.39 is 0 Å². The molecule has 1 aliphatic carbocycles. The lowest BCUT2D eigenvalue weighted by Crippen LogP contribution is -2.31. The number of anilines is 3. The second kappa shape index (κ2) is 10.4. The summed E-state index contributed by atoms with van der Waals surface area (Å²) >= 11 is 6.09. The Kier molecular flexibility index (Phi) is 7.68. The van der Waals surface area contributed by atoms with E-state index in [0.29, 0.717) is 17.8 Å². The van der Waals surface area contributed by atoms with Crippen molar-refractivity contribution >= 4 is 35.7 Å². The van der Waals surface area contributed by atoms with Gasteiger partial charge in [-0.15, -0.1) is 0 Å². The molecule has 9 heteroatoms. The van der Waals surface area contributed by atoms with Gasteiger partial charge in [0.2, 0.25) is 17.8 Å². The van der Waals surface area contributed by atoms with E-state index in [1.54, 1.807) is 0 Å². The molecule has 30 heavy (non-hydrogen) atoms. The van der Waals surface area contributed by atoms with Crippen molar-refractivity contribution in [3.05, 3.63) is 35.0 Å². The molecule has 8 nitrogen and oxygen atoms in total. The lowest BCUT2D eigenvalue weighted by atomic mass is 9.90. The van der Waals surface area contributed by atoms with Crippen LogP contribution in [0.15, 0.2) is 40.0 Å². The minimum absolute atomic E-state index is 0.0806. The highest BCUT2D eigenvalue weighted by molar-refractivity contribution is 6.31. The van der Waals surface area contributed by atoms with E-state index in [1.165, 1.54) is 5.70 Å². The minimum Gasteiger partial charge on any atom is -0.388 e. The molecular weight excluding hydrogens is 400 g/mol. The van der Waals surface area contributed by atoms with Crippen LogP contribution < -0.4 is 21.3 Å². The third-order valence-corrected chi connectivity index (χ3v) is 4.72. The molecule has 2 heterocycles. The van der Waals surface area contributed by atoms with E-state index >= 15 is 0 Å². The molecule has 2 atom stereocenters. The molecule has 1 aromatic heterocycles. The third kappa shape index (κ3) is 6.45. The number of aliphatic imine (C=N–C) groups is 1. The van der Waals surface area contributed by atoms with Crippen LogP contribution in [-0.4, -0.2) is 52.4 Å². The van der Waals surface area contributed by atoms with Gasteiger partial charge in [0.25, 0.3) is 0 Å². The highest BCUT2D eigenvalue weighted by Crippen LogP contribution is 2.28. The SMILES string of the molecule is CC(C)Nc1nc(NCCCNC2=CC=NC3C=C(Cl)C=CC23)nc(NC(C)C)n1. The maximum absolute atomic E-state index is 6.09. The molecule has 1 aromatic rings. The average molecular weight is 431 g/mol. The fraction of sp³-hybridized carbons (Fsp3) is 0.524. The number of hydrogen-bond donors (Lipinski definition) is 4. The van der Waals surface area contributed by atoms with Crippen LogP contribution in [0.5, 0.6) is 0 Å². The number of rotatable bonds is 10. The van der Waals surface area contributed by atoms with Crippen molar-refractivity contribution in [2.45, 2.75) is 52.2 Å². The van der Waals surface area contributed by atoms with E-state index in [0.717, 1.165) is 24.5 Å². The Morgan fingerprint density at radius 3 is 2.23 bits per heavy atom. The van der Waals surface area contributed by atoms with Crippen LogP contribution in [0.25, 0.3) is 0 Å². The highest BCUT2D eigenvalue weighted by Gasteiger charge is 2.25. The Bertz CT molecular complexity index is 815. The maximum atomic E-state index is 6.09. The molecule has 4 N–H and O–H groups in total. The number of dihydropyridines is 1. The predicted octanol–water partition coefficient (Wildman–Crippen LogP) is 3.55. The van der Waals surface area contributed by atoms with Crippen LogP contribution in [0.4, 0.5) is 17.8 Å². The average Bonchev–Trinajstić information content (AvgIpc) is 2.66. The normalized spacial score (nSPS) is 20.0. The molecule has 2 aliphatic rings. The quantitative estimate of drug-likeness (QED) is 0.421. The topological polar surface area (TPSA) is 99.2 Å². The Hall–Kier alpha value is -2.61. The van der Waals surface area contributed by atoms with E-state index in [9.17, 15) is 0 Å². The number of nitrogens with zero attached hydrogens (tertiary/aromatic N) is 4. The van der Waals surface area contributed by atoms with Gasteiger partial charge in [0.15, 0.2) is 0 Å². The van der Waals surface area contributed by atoms with Gasteiger partial charge in [-0.1, -0.05) is 17.7 Å². The first-order chi connectivity index (χ1) is 14.4. The van der Waals surface area contributed by atoms with Crippen molar-refractivity contribution in [3.63, 3.8) is 0 Å². The van der Waals surface area contributed by atoms with Crippen molar-refractivity contribution in [2.24, 2.45) is 10.9 Å². The largest absolute Gasteiger partial charge is 0.388 e. The zero-order valence-corrected chi connectivity index (χ0v) is 18.7. The molecule has 0 bridgehead atoms. The van der Waals surface area contributed by atoms with E-state index in [4.69, 9.17) is 11.6 Å². The second-order valence-corrected chi connectivity index (χ2v) is 8.40. The molecule has 0 amide bonds. The van der Waals surface area contributed by atoms with Crippen molar-refractivity contribution in [3.8, 4) is 0 Å². The van der Waals surface area contributed by atoms with Gasteiger partial charge >= 0.3 is 0 Å². The highest BCUT2D eigenvalue weighted by atomic mass is 35.5. The molecular formula is C21H31ClN8. The Morgan fingerprint density at radius 1 is 0.933 bits per heavy atom. The van der Waals surface area contributed by atoms with Gasteiger partial charge < -0.3 is 21.3 Å². The summed E-state index contributed by atoms with van der Waals surface area (Å²) in [5, 5.41) is 14.0. The van der Waals surface area contributed by atoms with Crippen molar-refractivity contribution in [2.75, 3.05) is 29.0 Å². The van der Waals surface area contributed by atoms with Gasteiger partial charge in [-0.2, -0.15) is 15.0 Å².